The number of aromatic nitrogens is 1. The van der Waals surface area contributed by atoms with E-state index in [1.807, 2.05) is 30.5 Å². The number of unbranched alkanes of at least 4 members (excludes halogenated alkanes) is 3. The van der Waals surface area contributed by atoms with Crippen LogP contribution in [0.2, 0.25) is 0 Å². The van der Waals surface area contributed by atoms with Gasteiger partial charge in [0.2, 0.25) is 0 Å². The van der Waals surface area contributed by atoms with Crippen molar-refractivity contribution in [3.63, 3.8) is 0 Å². The maximum absolute atomic E-state index is 12.4. The minimum Gasteiger partial charge on any atom is -0.460 e. The van der Waals surface area contributed by atoms with E-state index in [4.69, 9.17) is 4.42 Å². The SMILES string of the molecule is C=C(C)Cn1c(C(=O)NCCCCCC)cc2oc(C)cc21. The summed E-state index contributed by atoms with van der Waals surface area (Å²) in [6.07, 6.45) is 4.60. The minimum atomic E-state index is -0.0400. The number of aryl methyl sites for hydroxylation is 1. The van der Waals surface area contributed by atoms with Crippen LogP contribution in [0.15, 0.2) is 28.7 Å². The summed E-state index contributed by atoms with van der Waals surface area (Å²) in [6, 6.07) is 3.79. The van der Waals surface area contributed by atoms with Crippen molar-refractivity contribution in [2.24, 2.45) is 0 Å². The number of rotatable bonds is 8. The van der Waals surface area contributed by atoms with Gasteiger partial charge in [0.25, 0.3) is 5.91 Å². The third kappa shape index (κ3) is 3.81. The zero-order valence-electron chi connectivity index (χ0n) is 13.9. The Kier molecular flexibility index (Phi) is 5.47. The molecule has 0 atom stereocenters. The molecule has 1 amide bonds. The Hall–Kier alpha value is -1.97. The van der Waals surface area contributed by atoms with Crippen LogP contribution in [-0.4, -0.2) is 17.0 Å². The van der Waals surface area contributed by atoms with Gasteiger partial charge in [-0.15, -0.1) is 0 Å². The Morgan fingerprint density at radius 3 is 2.77 bits per heavy atom. The van der Waals surface area contributed by atoms with Crippen molar-refractivity contribution in [1.29, 1.82) is 0 Å². The summed E-state index contributed by atoms with van der Waals surface area (Å²) in [7, 11) is 0. The van der Waals surface area contributed by atoms with Gasteiger partial charge in [0.15, 0.2) is 5.58 Å². The van der Waals surface area contributed by atoms with Crippen LogP contribution in [0.3, 0.4) is 0 Å². The Morgan fingerprint density at radius 1 is 1.32 bits per heavy atom. The molecule has 0 aliphatic carbocycles. The van der Waals surface area contributed by atoms with Crippen molar-refractivity contribution in [3.8, 4) is 0 Å². The molecular formula is C18H26N2O2. The predicted molar refractivity (Wildman–Crippen MR) is 90.2 cm³/mol. The molecule has 0 aliphatic rings. The van der Waals surface area contributed by atoms with Gasteiger partial charge in [0.1, 0.15) is 11.5 Å². The molecule has 0 fully saturated rings. The van der Waals surface area contributed by atoms with Gasteiger partial charge in [-0.25, -0.2) is 0 Å². The zero-order valence-corrected chi connectivity index (χ0v) is 13.9. The molecule has 1 N–H and O–H groups in total. The van der Waals surface area contributed by atoms with Gasteiger partial charge in [0, 0.05) is 25.2 Å². The van der Waals surface area contributed by atoms with Crippen LogP contribution >= 0.6 is 0 Å². The number of allylic oxidation sites excluding steroid dienone is 1. The fourth-order valence-corrected chi connectivity index (χ4v) is 2.64. The predicted octanol–water partition coefficient (Wildman–Crippen LogP) is 4.43. The van der Waals surface area contributed by atoms with E-state index in [0.717, 1.165) is 41.8 Å². The molecule has 0 saturated carbocycles. The molecule has 0 radical (unpaired) electrons. The van der Waals surface area contributed by atoms with E-state index in [0.29, 0.717) is 12.2 Å². The van der Waals surface area contributed by atoms with Crippen molar-refractivity contribution in [2.45, 2.75) is 53.0 Å². The summed E-state index contributed by atoms with van der Waals surface area (Å²) in [5.74, 6) is 0.814. The first kappa shape index (κ1) is 16.4. The molecule has 0 spiro atoms. The smallest absolute Gasteiger partial charge is 0.268 e. The number of furan rings is 1. The summed E-state index contributed by atoms with van der Waals surface area (Å²) >= 11 is 0. The molecule has 4 heteroatoms. The van der Waals surface area contributed by atoms with Crippen LogP contribution in [0, 0.1) is 6.92 Å². The Labute approximate surface area is 132 Å². The molecular weight excluding hydrogens is 276 g/mol. The molecule has 120 valence electrons. The summed E-state index contributed by atoms with van der Waals surface area (Å²) in [4.78, 5) is 12.4. The van der Waals surface area contributed by atoms with Crippen LogP contribution in [0.4, 0.5) is 0 Å². The number of hydrogen-bond acceptors (Lipinski definition) is 2. The number of nitrogens with zero attached hydrogens (tertiary/aromatic N) is 1. The van der Waals surface area contributed by atoms with Crippen LogP contribution in [0.25, 0.3) is 11.1 Å². The molecule has 0 aromatic carbocycles. The van der Waals surface area contributed by atoms with E-state index < -0.39 is 0 Å². The highest BCUT2D eigenvalue weighted by Gasteiger charge is 2.18. The largest absolute Gasteiger partial charge is 0.460 e. The van der Waals surface area contributed by atoms with Crippen molar-refractivity contribution < 1.29 is 9.21 Å². The Morgan fingerprint density at radius 2 is 2.09 bits per heavy atom. The second-order valence-corrected chi connectivity index (χ2v) is 6.00. The summed E-state index contributed by atoms with van der Waals surface area (Å²) in [6.45, 7) is 11.4. The Balaban J connectivity index is 2.13. The monoisotopic (exact) mass is 302 g/mol. The average molecular weight is 302 g/mol. The molecule has 22 heavy (non-hydrogen) atoms. The highest BCUT2D eigenvalue weighted by molar-refractivity contribution is 5.97. The minimum absolute atomic E-state index is 0.0400. The van der Waals surface area contributed by atoms with E-state index in [1.165, 1.54) is 12.8 Å². The van der Waals surface area contributed by atoms with Crippen LogP contribution in [-0.2, 0) is 6.54 Å². The number of fused-ring (bicyclic) bond motifs is 1. The molecule has 0 bridgehead atoms. The third-order valence-electron chi connectivity index (χ3n) is 3.69. The highest BCUT2D eigenvalue weighted by atomic mass is 16.3. The second kappa shape index (κ2) is 7.34. The first-order chi connectivity index (χ1) is 10.5. The molecule has 4 nitrogen and oxygen atoms in total. The van der Waals surface area contributed by atoms with Gasteiger partial charge in [-0.3, -0.25) is 4.79 Å². The topological polar surface area (TPSA) is 47.2 Å². The van der Waals surface area contributed by atoms with E-state index in [9.17, 15) is 4.79 Å². The lowest BCUT2D eigenvalue weighted by Crippen LogP contribution is -2.27. The fraction of sp³-hybridized carbons (Fsp3) is 0.500. The van der Waals surface area contributed by atoms with Crippen molar-refractivity contribution in [3.05, 3.63) is 35.7 Å². The van der Waals surface area contributed by atoms with E-state index in [2.05, 4.69) is 18.8 Å². The Bertz CT molecular complexity index is 664. The lowest BCUT2D eigenvalue weighted by atomic mass is 10.2. The molecule has 0 saturated heterocycles. The van der Waals surface area contributed by atoms with Crippen LogP contribution in [0.5, 0.6) is 0 Å². The quantitative estimate of drug-likeness (QED) is 0.579. The summed E-state index contributed by atoms with van der Waals surface area (Å²) < 4.78 is 7.63. The van der Waals surface area contributed by atoms with E-state index >= 15 is 0 Å². The lowest BCUT2D eigenvalue weighted by molar-refractivity contribution is 0.0944. The zero-order chi connectivity index (χ0) is 16.1. The van der Waals surface area contributed by atoms with Crippen molar-refractivity contribution >= 4 is 17.0 Å². The number of carbonyl (C=O) groups excluding carboxylic acids is 1. The van der Waals surface area contributed by atoms with Crippen molar-refractivity contribution in [1.82, 2.24) is 9.88 Å². The molecule has 2 aromatic heterocycles. The van der Waals surface area contributed by atoms with Crippen LogP contribution < -0.4 is 5.32 Å². The van der Waals surface area contributed by atoms with Gasteiger partial charge < -0.3 is 14.3 Å². The normalized spacial score (nSPS) is 11.0. The standard InChI is InChI=1S/C18H26N2O2/c1-5-6-7-8-9-19-18(21)16-11-17-15(10-14(4)22-17)20(16)12-13(2)3/h10-11H,2,5-9,12H2,1,3-4H3,(H,19,21). The molecule has 2 aromatic rings. The van der Waals surface area contributed by atoms with Gasteiger partial charge in [-0.05, 0) is 20.3 Å². The number of nitrogens with one attached hydrogen (secondary N) is 1. The van der Waals surface area contributed by atoms with Gasteiger partial charge >= 0.3 is 0 Å². The van der Waals surface area contributed by atoms with Gasteiger partial charge in [0.05, 0.1) is 5.52 Å². The summed E-state index contributed by atoms with van der Waals surface area (Å²) in [5, 5.41) is 3.01. The molecule has 0 aliphatic heterocycles. The molecule has 2 rings (SSSR count). The lowest BCUT2D eigenvalue weighted by Gasteiger charge is -2.10. The van der Waals surface area contributed by atoms with Crippen molar-refractivity contribution in [2.75, 3.05) is 6.54 Å². The number of hydrogen-bond donors (Lipinski definition) is 1. The number of amides is 1. The maximum Gasteiger partial charge on any atom is 0.268 e. The van der Waals surface area contributed by atoms with E-state index in [1.54, 1.807) is 0 Å². The third-order valence-corrected chi connectivity index (χ3v) is 3.69. The first-order valence-corrected chi connectivity index (χ1v) is 8.05. The summed E-state index contributed by atoms with van der Waals surface area (Å²) in [5.41, 5.74) is 3.37. The molecule has 2 heterocycles. The second-order valence-electron chi connectivity index (χ2n) is 6.00. The number of carbonyl (C=O) groups is 1. The van der Waals surface area contributed by atoms with Crippen LogP contribution in [0.1, 0.15) is 55.8 Å². The van der Waals surface area contributed by atoms with Gasteiger partial charge in [-0.1, -0.05) is 38.3 Å². The average Bonchev–Trinajstić information content (AvgIpc) is 2.96. The first-order valence-electron chi connectivity index (χ1n) is 8.05. The van der Waals surface area contributed by atoms with E-state index in [-0.39, 0.29) is 5.91 Å². The fourth-order valence-electron chi connectivity index (χ4n) is 2.64. The van der Waals surface area contributed by atoms with Gasteiger partial charge in [-0.2, -0.15) is 0 Å². The molecule has 0 unspecified atom stereocenters. The maximum atomic E-state index is 12.4. The highest BCUT2D eigenvalue weighted by Crippen LogP contribution is 2.24.